The maximum absolute atomic E-state index is 13.5. The molecule has 0 bridgehead atoms. The molecule has 1 atom stereocenters. The fourth-order valence-corrected chi connectivity index (χ4v) is 2.58. The topological polar surface area (TPSA) is 41.6 Å². The molecule has 2 rings (SSSR count). The normalized spacial score (nSPS) is 19.4. The van der Waals surface area contributed by atoms with Crippen LogP contribution in [0.5, 0.6) is 0 Å². The van der Waals surface area contributed by atoms with Crippen LogP contribution in [0, 0.1) is 11.6 Å². The molecule has 6 heteroatoms. The molecule has 1 heterocycles. The van der Waals surface area contributed by atoms with E-state index in [-0.39, 0.29) is 5.56 Å². The summed E-state index contributed by atoms with van der Waals surface area (Å²) in [6.45, 7) is 4.26. The zero-order chi connectivity index (χ0) is 14.8. The molecule has 0 spiro atoms. The van der Waals surface area contributed by atoms with Crippen molar-refractivity contribution in [3.8, 4) is 0 Å². The molecule has 0 radical (unpaired) electrons. The van der Waals surface area contributed by atoms with Crippen LogP contribution in [-0.4, -0.2) is 44.2 Å². The Bertz CT molecular complexity index is 484. The van der Waals surface area contributed by atoms with Gasteiger partial charge in [0.05, 0.1) is 7.11 Å². The van der Waals surface area contributed by atoms with Gasteiger partial charge in [0, 0.05) is 32.2 Å². The lowest BCUT2D eigenvalue weighted by Crippen LogP contribution is -2.57. The molecule has 1 N–H and O–H groups in total. The Balaban J connectivity index is 2.47. The Morgan fingerprint density at radius 3 is 2.30 bits per heavy atom. The van der Waals surface area contributed by atoms with Crippen molar-refractivity contribution in [1.29, 1.82) is 0 Å². The van der Waals surface area contributed by atoms with Gasteiger partial charge in [-0.1, -0.05) is 0 Å². The zero-order valence-corrected chi connectivity index (χ0v) is 11.6. The number of hydrogen-bond donors (Lipinski definition) is 1. The summed E-state index contributed by atoms with van der Waals surface area (Å²) in [4.78, 5) is 14.1. The van der Waals surface area contributed by atoms with E-state index < -0.39 is 23.1 Å². The van der Waals surface area contributed by atoms with Gasteiger partial charge in [0.15, 0.2) is 0 Å². The molecular weight excluding hydrogens is 266 g/mol. The van der Waals surface area contributed by atoms with Crippen LogP contribution in [0.25, 0.3) is 0 Å². The summed E-state index contributed by atoms with van der Waals surface area (Å²) in [7, 11) is 1.28. The number of benzene rings is 1. The number of carbonyl (C=O) groups is 1. The summed E-state index contributed by atoms with van der Waals surface area (Å²) in [5, 5.41) is 3.18. The van der Waals surface area contributed by atoms with E-state index in [0.29, 0.717) is 26.2 Å². The third-order valence-electron chi connectivity index (χ3n) is 3.76. The smallest absolute Gasteiger partial charge is 0.330 e. The van der Waals surface area contributed by atoms with Crippen LogP contribution in [0.15, 0.2) is 18.2 Å². The number of nitrogens with one attached hydrogen (secondary N) is 1. The Hall–Kier alpha value is -1.53. The van der Waals surface area contributed by atoms with Crippen LogP contribution >= 0.6 is 0 Å². The predicted octanol–water partition coefficient (Wildman–Crippen LogP) is 1.26. The van der Waals surface area contributed by atoms with Crippen molar-refractivity contribution in [2.75, 3.05) is 33.3 Å². The summed E-state index contributed by atoms with van der Waals surface area (Å²) in [5.74, 6) is -1.93. The number of carbonyl (C=O) groups excluding carboxylic acids is 1. The second-order valence-electron chi connectivity index (χ2n) is 4.96. The van der Waals surface area contributed by atoms with Crippen molar-refractivity contribution in [1.82, 2.24) is 10.2 Å². The number of piperazine rings is 1. The monoisotopic (exact) mass is 284 g/mol. The number of ether oxygens (including phenoxy) is 1. The number of halogens is 2. The minimum absolute atomic E-state index is 0.267. The lowest BCUT2D eigenvalue weighted by molar-refractivity contribution is -0.155. The van der Waals surface area contributed by atoms with Crippen LogP contribution in [0.1, 0.15) is 12.5 Å². The first-order chi connectivity index (χ1) is 9.48. The Morgan fingerprint density at radius 2 is 1.80 bits per heavy atom. The third-order valence-corrected chi connectivity index (χ3v) is 3.76. The standard InChI is InChI=1S/C14H18F2N2O2/c1-14(13(19)20-2,18-5-3-17-4-6-18)10-7-11(15)9-12(16)8-10/h7-9,17H,3-6H2,1-2H3. The van der Waals surface area contributed by atoms with Gasteiger partial charge in [-0.15, -0.1) is 0 Å². The molecule has 110 valence electrons. The van der Waals surface area contributed by atoms with Gasteiger partial charge in [-0.05, 0) is 24.6 Å². The van der Waals surface area contributed by atoms with E-state index in [2.05, 4.69) is 5.32 Å². The summed E-state index contributed by atoms with van der Waals surface area (Å²) in [6, 6.07) is 3.16. The SMILES string of the molecule is COC(=O)C(C)(c1cc(F)cc(F)c1)N1CCNCC1. The Labute approximate surface area is 116 Å². The maximum atomic E-state index is 13.5. The van der Waals surface area contributed by atoms with E-state index in [9.17, 15) is 13.6 Å². The minimum atomic E-state index is -1.19. The number of esters is 1. The van der Waals surface area contributed by atoms with Crippen molar-refractivity contribution in [3.05, 3.63) is 35.4 Å². The van der Waals surface area contributed by atoms with Gasteiger partial charge in [-0.2, -0.15) is 0 Å². The van der Waals surface area contributed by atoms with Crippen molar-refractivity contribution < 1.29 is 18.3 Å². The van der Waals surface area contributed by atoms with Gasteiger partial charge in [-0.25, -0.2) is 13.6 Å². The van der Waals surface area contributed by atoms with Crippen LogP contribution in [-0.2, 0) is 15.1 Å². The lowest BCUT2D eigenvalue weighted by Gasteiger charge is -2.41. The molecule has 1 aromatic rings. The van der Waals surface area contributed by atoms with E-state index in [1.54, 1.807) is 6.92 Å². The summed E-state index contributed by atoms with van der Waals surface area (Å²) >= 11 is 0. The largest absolute Gasteiger partial charge is 0.467 e. The summed E-state index contributed by atoms with van der Waals surface area (Å²) in [6.07, 6.45) is 0. The highest BCUT2D eigenvalue weighted by Gasteiger charge is 2.43. The van der Waals surface area contributed by atoms with Crippen molar-refractivity contribution in [3.63, 3.8) is 0 Å². The second kappa shape index (κ2) is 5.85. The first-order valence-electron chi connectivity index (χ1n) is 6.49. The van der Waals surface area contributed by atoms with Crippen LogP contribution in [0.2, 0.25) is 0 Å². The van der Waals surface area contributed by atoms with Crippen molar-refractivity contribution in [2.24, 2.45) is 0 Å². The van der Waals surface area contributed by atoms with Crippen molar-refractivity contribution in [2.45, 2.75) is 12.5 Å². The summed E-state index contributed by atoms with van der Waals surface area (Å²) in [5.41, 5.74) is -0.927. The highest BCUT2D eigenvalue weighted by Crippen LogP contribution is 2.31. The molecule has 0 amide bonds. The molecule has 1 aromatic carbocycles. The van der Waals surface area contributed by atoms with Crippen molar-refractivity contribution >= 4 is 5.97 Å². The lowest BCUT2D eigenvalue weighted by atomic mass is 9.89. The van der Waals surface area contributed by atoms with Gasteiger partial charge < -0.3 is 10.1 Å². The third kappa shape index (κ3) is 2.66. The van der Waals surface area contributed by atoms with Gasteiger partial charge in [0.25, 0.3) is 0 Å². The fraction of sp³-hybridized carbons (Fsp3) is 0.500. The van der Waals surface area contributed by atoms with Gasteiger partial charge in [0.1, 0.15) is 17.2 Å². The van der Waals surface area contributed by atoms with Gasteiger partial charge >= 0.3 is 5.97 Å². The van der Waals surface area contributed by atoms with Gasteiger partial charge in [0.2, 0.25) is 0 Å². The molecule has 1 fully saturated rings. The van der Waals surface area contributed by atoms with Gasteiger partial charge in [-0.3, -0.25) is 4.90 Å². The predicted molar refractivity (Wildman–Crippen MR) is 70.2 cm³/mol. The molecule has 1 unspecified atom stereocenters. The molecule has 1 aliphatic heterocycles. The molecule has 1 saturated heterocycles. The molecule has 20 heavy (non-hydrogen) atoms. The highest BCUT2D eigenvalue weighted by atomic mass is 19.1. The number of nitrogens with zero attached hydrogens (tertiary/aromatic N) is 1. The molecule has 0 aliphatic carbocycles. The first kappa shape index (κ1) is 14.9. The number of hydrogen-bond acceptors (Lipinski definition) is 4. The van der Waals surface area contributed by atoms with E-state index in [0.717, 1.165) is 6.07 Å². The van der Waals surface area contributed by atoms with E-state index in [1.165, 1.54) is 19.2 Å². The maximum Gasteiger partial charge on any atom is 0.330 e. The Kier molecular flexibility index (Phi) is 4.35. The summed E-state index contributed by atoms with van der Waals surface area (Å²) < 4.78 is 31.8. The second-order valence-corrected chi connectivity index (χ2v) is 4.96. The molecule has 0 aromatic heterocycles. The zero-order valence-electron chi connectivity index (χ0n) is 11.6. The van der Waals surface area contributed by atoms with E-state index in [4.69, 9.17) is 4.74 Å². The Morgan fingerprint density at radius 1 is 1.25 bits per heavy atom. The number of rotatable bonds is 3. The molecule has 0 saturated carbocycles. The highest BCUT2D eigenvalue weighted by molar-refractivity contribution is 5.82. The van der Waals surface area contributed by atoms with Crippen LogP contribution < -0.4 is 5.32 Å². The van der Waals surface area contributed by atoms with E-state index >= 15 is 0 Å². The fourth-order valence-electron chi connectivity index (χ4n) is 2.58. The first-order valence-corrected chi connectivity index (χ1v) is 6.49. The average molecular weight is 284 g/mol. The van der Waals surface area contributed by atoms with E-state index in [1.807, 2.05) is 4.90 Å². The molecule has 1 aliphatic rings. The molecule has 4 nitrogen and oxygen atoms in total. The molecular formula is C14H18F2N2O2. The minimum Gasteiger partial charge on any atom is -0.467 e. The quantitative estimate of drug-likeness (QED) is 0.849. The average Bonchev–Trinajstić information content (AvgIpc) is 2.45. The number of methoxy groups -OCH3 is 1. The van der Waals surface area contributed by atoms with Crippen LogP contribution in [0.3, 0.4) is 0 Å². The van der Waals surface area contributed by atoms with Crippen LogP contribution in [0.4, 0.5) is 8.78 Å².